The van der Waals surface area contributed by atoms with Gasteiger partial charge in [-0.2, -0.15) is 0 Å². The molecule has 0 atom stereocenters. The van der Waals surface area contributed by atoms with Gasteiger partial charge in [0.15, 0.2) is 0 Å². The van der Waals surface area contributed by atoms with Crippen LogP contribution < -0.4 is 11.5 Å². The van der Waals surface area contributed by atoms with E-state index in [4.69, 9.17) is 11.5 Å². The fraction of sp³-hybridized carbons (Fsp3) is 0.342. The average molecular weight is 561 g/mol. The number of carboxylic acids is 1. The zero-order chi connectivity index (χ0) is 30.7. The number of hydrogen-bond acceptors (Lipinski definition) is 3. The predicted octanol–water partition coefficient (Wildman–Crippen LogP) is 9.41. The third-order valence-corrected chi connectivity index (χ3v) is 9.14. The van der Waals surface area contributed by atoms with E-state index < -0.39 is 11.4 Å². The normalized spacial score (nSPS) is 13.7. The lowest BCUT2D eigenvalue weighted by Crippen LogP contribution is -2.30. The first kappa shape index (κ1) is 29.4. The number of fused-ring (bicyclic) bond motifs is 3. The van der Waals surface area contributed by atoms with Crippen molar-refractivity contribution in [2.75, 3.05) is 11.5 Å². The molecular weight excluding hydrogens is 516 g/mol. The van der Waals surface area contributed by atoms with Gasteiger partial charge in [-0.05, 0) is 79.8 Å². The lowest BCUT2D eigenvalue weighted by molar-refractivity contribution is 0.0697. The molecule has 0 aliphatic heterocycles. The van der Waals surface area contributed by atoms with Gasteiger partial charge >= 0.3 is 5.97 Å². The molecule has 0 fully saturated rings. The monoisotopic (exact) mass is 560 g/mol. The van der Waals surface area contributed by atoms with Gasteiger partial charge in [-0.15, -0.1) is 0 Å². The molecule has 0 heterocycles. The standard InChI is InChI=1S/C38H44N2O2/c1-20(2)28-16-24(17-29(21(3)4)35(28)39)38(25-18-30(22(5)6)36(40)31(19-25)23(7)8)32-14-10-9-12-26(32)34-27(37(41)42)13-11-15-33(34)38/h9-23H,39-40H2,1-8H3,(H,41,42). The number of aromatic carboxylic acids is 1. The van der Waals surface area contributed by atoms with Gasteiger partial charge in [-0.1, -0.05) is 116 Å². The molecular formula is C38H44N2O2. The van der Waals surface area contributed by atoms with Crippen molar-refractivity contribution in [1.29, 1.82) is 0 Å². The highest BCUT2D eigenvalue weighted by atomic mass is 16.4. The van der Waals surface area contributed by atoms with Crippen molar-refractivity contribution in [2.45, 2.75) is 84.5 Å². The third-order valence-electron chi connectivity index (χ3n) is 9.14. The van der Waals surface area contributed by atoms with E-state index >= 15 is 0 Å². The lowest BCUT2D eigenvalue weighted by atomic mass is 9.65. The molecule has 0 bridgehead atoms. The molecule has 4 heteroatoms. The Labute approximate surface area is 250 Å². The summed E-state index contributed by atoms with van der Waals surface area (Å²) in [5.41, 5.74) is 25.4. The maximum absolute atomic E-state index is 12.7. The van der Waals surface area contributed by atoms with Crippen molar-refractivity contribution in [3.63, 3.8) is 0 Å². The van der Waals surface area contributed by atoms with Gasteiger partial charge in [-0.3, -0.25) is 0 Å². The zero-order valence-electron chi connectivity index (χ0n) is 26.2. The van der Waals surface area contributed by atoms with Crippen LogP contribution in [0.4, 0.5) is 11.4 Å². The Hall–Kier alpha value is -4.05. The number of nitrogens with two attached hydrogens (primary N) is 2. The second-order valence-corrected chi connectivity index (χ2v) is 13.1. The quantitative estimate of drug-likeness (QED) is 0.173. The van der Waals surface area contributed by atoms with Crippen molar-refractivity contribution in [1.82, 2.24) is 0 Å². The number of rotatable bonds is 7. The van der Waals surface area contributed by atoms with Crippen LogP contribution >= 0.6 is 0 Å². The molecule has 218 valence electrons. The SMILES string of the molecule is CC(C)c1cc(C2(c3cc(C(C)C)c(N)c(C(C)C)c3)c3ccccc3-c3c(C(=O)O)cccc32)cc(C(C)C)c1N. The van der Waals surface area contributed by atoms with Crippen LogP contribution in [0.25, 0.3) is 11.1 Å². The summed E-state index contributed by atoms with van der Waals surface area (Å²) in [7, 11) is 0. The molecule has 0 unspecified atom stereocenters. The first-order valence-corrected chi connectivity index (χ1v) is 15.2. The summed E-state index contributed by atoms with van der Waals surface area (Å²) in [4.78, 5) is 12.7. The third kappa shape index (κ3) is 4.31. The van der Waals surface area contributed by atoms with Crippen molar-refractivity contribution in [3.05, 3.63) is 117 Å². The molecule has 5 rings (SSSR count). The van der Waals surface area contributed by atoms with E-state index in [0.29, 0.717) is 5.56 Å². The number of carboxylic acid groups (broad SMARTS) is 1. The Bertz CT molecular complexity index is 1570. The number of anilines is 2. The number of nitrogen functional groups attached to an aromatic ring is 2. The summed E-state index contributed by atoms with van der Waals surface area (Å²) in [5, 5.41) is 10.4. The van der Waals surface area contributed by atoms with Crippen LogP contribution in [-0.4, -0.2) is 11.1 Å². The molecule has 0 radical (unpaired) electrons. The number of benzene rings is 4. The summed E-state index contributed by atoms with van der Waals surface area (Å²) >= 11 is 0. The predicted molar refractivity (Wildman–Crippen MR) is 176 cm³/mol. The first-order chi connectivity index (χ1) is 19.8. The van der Waals surface area contributed by atoms with E-state index in [9.17, 15) is 9.90 Å². The molecule has 4 aromatic carbocycles. The van der Waals surface area contributed by atoms with Gasteiger partial charge in [0.1, 0.15) is 0 Å². The minimum absolute atomic E-state index is 0.213. The average Bonchev–Trinajstić information content (AvgIpc) is 3.24. The second kappa shape index (κ2) is 10.7. The zero-order valence-corrected chi connectivity index (χ0v) is 26.2. The highest BCUT2D eigenvalue weighted by Crippen LogP contribution is 2.58. The van der Waals surface area contributed by atoms with Crippen LogP contribution in [0.1, 0.15) is 134 Å². The smallest absolute Gasteiger partial charge is 0.336 e. The highest BCUT2D eigenvalue weighted by molar-refractivity contribution is 6.01. The van der Waals surface area contributed by atoms with Crippen molar-refractivity contribution < 1.29 is 9.90 Å². The Morgan fingerprint density at radius 1 is 0.619 bits per heavy atom. The fourth-order valence-electron chi connectivity index (χ4n) is 7.04. The molecule has 0 aromatic heterocycles. The van der Waals surface area contributed by atoms with E-state index in [1.54, 1.807) is 6.07 Å². The van der Waals surface area contributed by atoms with Gasteiger partial charge in [0.2, 0.25) is 0 Å². The first-order valence-electron chi connectivity index (χ1n) is 15.2. The van der Waals surface area contributed by atoms with E-state index in [2.05, 4.69) is 104 Å². The Morgan fingerprint density at radius 3 is 1.43 bits per heavy atom. The van der Waals surface area contributed by atoms with Crippen LogP contribution in [0.2, 0.25) is 0 Å². The summed E-state index contributed by atoms with van der Waals surface area (Å²) in [6, 6.07) is 23.1. The number of hydrogen-bond donors (Lipinski definition) is 3. The van der Waals surface area contributed by atoms with Crippen molar-refractivity contribution >= 4 is 17.3 Å². The molecule has 1 aliphatic carbocycles. The minimum Gasteiger partial charge on any atom is -0.478 e. The van der Waals surface area contributed by atoms with E-state index in [1.807, 2.05) is 12.1 Å². The Kier molecular flexibility index (Phi) is 7.47. The fourth-order valence-corrected chi connectivity index (χ4v) is 7.04. The van der Waals surface area contributed by atoms with Gasteiger partial charge in [0.25, 0.3) is 0 Å². The lowest BCUT2D eigenvalue weighted by Gasteiger charge is -2.37. The molecule has 0 saturated heterocycles. The van der Waals surface area contributed by atoms with Gasteiger partial charge in [-0.25, -0.2) is 4.79 Å². The second-order valence-electron chi connectivity index (χ2n) is 13.1. The molecule has 5 N–H and O–H groups in total. The van der Waals surface area contributed by atoms with E-state index in [1.165, 1.54) is 0 Å². The molecule has 0 spiro atoms. The molecule has 0 saturated carbocycles. The van der Waals surface area contributed by atoms with Gasteiger partial charge in [0, 0.05) is 16.9 Å². The summed E-state index contributed by atoms with van der Waals surface area (Å²) in [5.74, 6) is -0.0760. The minimum atomic E-state index is -0.927. The van der Waals surface area contributed by atoms with Crippen LogP contribution in [0.15, 0.2) is 66.7 Å². The molecule has 1 aliphatic rings. The maximum atomic E-state index is 12.7. The van der Waals surface area contributed by atoms with Crippen LogP contribution in [0.5, 0.6) is 0 Å². The van der Waals surface area contributed by atoms with Gasteiger partial charge in [0.05, 0.1) is 11.0 Å². The van der Waals surface area contributed by atoms with E-state index in [0.717, 1.165) is 67.0 Å². The van der Waals surface area contributed by atoms with Crippen LogP contribution in [-0.2, 0) is 5.41 Å². The van der Waals surface area contributed by atoms with Crippen LogP contribution in [0, 0.1) is 0 Å². The van der Waals surface area contributed by atoms with Crippen molar-refractivity contribution in [3.8, 4) is 11.1 Å². The summed E-state index contributed by atoms with van der Waals surface area (Å²) in [6.45, 7) is 17.5. The Balaban J connectivity index is 2.08. The van der Waals surface area contributed by atoms with Gasteiger partial charge < -0.3 is 16.6 Å². The maximum Gasteiger partial charge on any atom is 0.336 e. The molecule has 4 nitrogen and oxygen atoms in total. The van der Waals surface area contributed by atoms with Crippen LogP contribution in [0.3, 0.4) is 0 Å². The molecule has 42 heavy (non-hydrogen) atoms. The molecule has 0 amide bonds. The highest BCUT2D eigenvalue weighted by Gasteiger charge is 2.48. The summed E-state index contributed by atoms with van der Waals surface area (Å²) < 4.78 is 0. The van der Waals surface area contributed by atoms with E-state index in [-0.39, 0.29) is 23.7 Å². The molecule has 4 aromatic rings. The largest absolute Gasteiger partial charge is 0.478 e. The number of carbonyl (C=O) groups is 1. The Morgan fingerprint density at radius 2 is 1.02 bits per heavy atom. The summed E-state index contributed by atoms with van der Waals surface area (Å²) in [6.07, 6.45) is 0. The van der Waals surface area contributed by atoms with Crippen molar-refractivity contribution in [2.24, 2.45) is 0 Å². The topological polar surface area (TPSA) is 89.3 Å².